The van der Waals surface area contributed by atoms with Crippen LogP contribution in [-0.2, 0) is 27.5 Å². The van der Waals surface area contributed by atoms with Gasteiger partial charge in [0.25, 0.3) is 0 Å². The molecule has 4 aromatic carbocycles. The zero-order valence-electron chi connectivity index (χ0n) is 36.8. The number of fused-ring (bicyclic) bond motifs is 2. The summed E-state index contributed by atoms with van der Waals surface area (Å²) in [6.07, 6.45) is 7.91. The first-order valence-electron chi connectivity index (χ1n) is 22.4. The molecule has 1 amide bonds. The number of halogens is 2. The van der Waals surface area contributed by atoms with E-state index in [1.807, 2.05) is 60.7 Å². The van der Waals surface area contributed by atoms with Crippen LogP contribution in [0.15, 0.2) is 120 Å². The molecule has 0 spiro atoms. The zero-order valence-corrected chi connectivity index (χ0v) is 37.6. The fraction of sp³-hybridized carbons (Fsp3) is 0.423. The summed E-state index contributed by atoms with van der Waals surface area (Å²) in [4.78, 5) is 22.4. The Morgan fingerprint density at radius 3 is 2.39 bits per heavy atom. The van der Waals surface area contributed by atoms with Gasteiger partial charge < -0.3 is 34.0 Å². The van der Waals surface area contributed by atoms with Crippen LogP contribution in [0.1, 0.15) is 78.7 Å². The van der Waals surface area contributed by atoms with Crippen molar-refractivity contribution in [2.75, 3.05) is 32.3 Å². The molecule has 64 heavy (non-hydrogen) atoms. The van der Waals surface area contributed by atoms with Gasteiger partial charge in [0, 0.05) is 37.7 Å². The Morgan fingerprint density at radius 2 is 1.67 bits per heavy atom. The van der Waals surface area contributed by atoms with Gasteiger partial charge in [0.2, 0.25) is 5.79 Å². The first-order valence-corrected chi connectivity index (χ1v) is 23.0. The Morgan fingerprint density at radius 1 is 0.938 bits per heavy atom. The summed E-state index contributed by atoms with van der Waals surface area (Å²) in [7, 11) is 0. The van der Waals surface area contributed by atoms with Crippen LogP contribution in [0.2, 0.25) is 0 Å². The summed E-state index contributed by atoms with van der Waals surface area (Å²) in [5, 5.41) is 24.9. The number of alkyl halides is 1. The molecule has 4 aromatic rings. The number of hydrogen-bond acceptors (Lipinski definition) is 9. The van der Waals surface area contributed by atoms with Gasteiger partial charge in [-0.1, -0.05) is 78.7 Å². The highest BCUT2D eigenvalue weighted by Crippen LogP contribution is 2.62. The molecular weight excluding hydrogens is 835 g/mol. The zero-order chi connectivity index (χ0) is 45.1. The van der Waals surface area contributed by atoms with Gasteiger partial charge in [-0.2, -0.15) is 0 Å². The first kappa shape index (κ1) is 46.8. The Kier molecular flexibility index (Phi) is 16.2. The number of unbranched alkanes of at least 4 members (excludes halogenated alkanes) is 2. The van der Waals surface area contributed by atoms with Gasteiger partial charge in [-0.3, -0.25) is 4.90 Å². The third-order valence-electron chi connectivity index (χ3n) is 12.8. The molecule has 0 radical (unpaired) electrons. The minimum absolute atomic E-state index is 0.00389. The minimum Gasteiger partial charge on any atom is -0.459 e. The molecular formula is C52H60ClFN2O8. The molecule has 0 saturated heterocycles. The average molecular weight is 896 g/mol. The van der Waals surface area contributed by atoms with Crippen LogP contribution in [0, 0.1) is 37.4 Å². The number of ether oxygens (including phenoxy) is 4. The fourth-order valence-electron chi connectivity index (χ4n) is 9.68. The van der Waals surface area contributed by atoms with Crippen LogP contribution >= 0.6 is 11.6 Å². The molecule has 1 heterocycles. The lowest BCUT2D eigenvalue weighted by atomic mass is 9.55. The van der Waals surface area contributed by atoms with Gasteiger partial charge in [-0.25, -0.2) is 9.18 Å². The summed E-state index contributed by atoms with van der Waals surface area (Å²) in [5.41, 5.74) is 6.35. The Bertz CT molecular complexity index is 2250. The van der Waals surface area contributed by atoms with E-state index in [2.05, 4.69) is 32.6 Å². The molecule has 12 heteroatoms. The largest absolute Gasteiger partial charge is 0.459 e. The number of allylic oxidation sites excluding steroid dienone is 1. The number of nitrogens with zero attached hydrogens (tertiary/aromatic N) is 2. The maximum Gasteiger partial charge on any atom is 0.410 e. The van der Waals surface area contributed by atoms with Crippen molar-refractivity contribution in [1.29, 1.82) is 0 Å². The van der Waals surface area contributed by atoms with E-state index in [4.69, 9.17) is 40.5 Å². The van der Waals surface area contributed by atoms with Crippen molar-refractivity contribution >= 4 is 23.4 Å². The molecule has 0 bridgehead atoms. The van der Waals surface area contributed by atoms with E-state index in [1.54, 1.807) is 23.1 Å². The molecule has 1 fully saturated rings. The van der Waals surface area contributed by atoms with Crippen molar-refractivity contribution < 1.29 is 43.2 Å². The second-order valence-electron chi connectivity index (χ2n) is 16.9. The third kappa shape index (κ3) is 10.7. The summed E-state index contributed by atoms with van der Waals surface area (Å²) >= 11 is 6.10. The molecule has 6 atom stereocenters. The SMILES string of the molecule is C=CCOC12Oc3ccc(Oc4ccc(C)c(C)c4)cc3C3C(CCCCO)C(CCCCO)C=C(C(=NOCc4ccccc4)CC1N(Cc1ccc(F)cc1)C(=O)OCCCl)C32. The van der Waals surface area contributed by atoms with Gasteiger partial charge in [0.1, 0.15) is 42.3 Å². The predicted octanol–water partition coefficient (Wildman–Crippen LogP) is 10.9. The van der Waals surface area contributed by atoms with E-state index in [0.717, 1.165) is 47.9 Å². The van der Waals surface area contributed by atoms with Gasteiger partial charge >= 0.3 is 6.09 Å². The van der Waals surface area contributed by atoms with Gasteiger partial charge in [0.05, 0.1) is 24.1 Å². The number of benzene rings is 4. The van der Waals surface area contributed by atoms with Gasteiger partial charge in [0.15, 0.2) is 0 Å². The standard InChI is InChI=1S/C52H60ClFN2O8/c1-4-27-61-52-48(56(51(59)60-28-24-53)33-37-17-19-40(54)20-18-37)32-46(55-62-34-38-12-6-5-7-13-38)44-30-39(14-8-10-25-57)43(15-9-11-26-58)49(50(44)52)45-31-42(22-23-47(45)64-52)63-41-21-16-35(2)36(3)29-41/h4-7,12-13,16-23,29-31,39,43,48-50,57-58H,1,8-11,14-15,24-28,32-34H2,2-3H3. The number of carbonyl (C=O) groups is 1. The third-order valence-corrected chi connectivity index (χ3v) is 12.9. The monoisotopic (exact) mass is 894 g/mol. The number of amides is 1. The first-order chi connectivity index (χ1) is 31.2. The summed E-state index contributed by atoms with van der Waals surface area (Å²) in [6.45, 7) is 8.60. The van der Waals surface area contributed by atoms with Crippen LogP contribution in [0.25, 0.3) is 0 Å². The highest BCUT2D eigenvalue weighted by Gasteiger charge is 2.65. The van der Waals surface area contributed by atoms with E-state index >= 15 is 0 Å². The number of oxime groups is 1. The Hall–Kier alpha value is -5.20. The van der Waals surface area contributed by atoms with E-state index < -0.39 is 29.7 Å². The number of aliphatic hydroxyl groups is 2. The lowest BCUT2D eigenvalue weighted by Crippen LogP contribution is -2.70. The smallest absolute Gasteiger partial charge is 0.410 e. The number of hydrogen-bond donors (Lipinski definition) is 2. The lowest BCUT2D eigenvalue weighted by molar-refractivity contribution is -0.256. The van der Waals surface area contributed by atoms with Crippen molar-refractivity contribution in [3.8, 4) is 17.2 Å². The van der Waals surface area contributed by atoms with Gasteiger partial charge in [-0.05, 0) is 122 Å². The van der Waals surface area contributed by atoms with Crippen LogP contribution < -0.4 is 9.47 Å². The van der Waals surface area contributed by atoms with Crippen LogP contribution in [0.3, 0.4) is 0 Å². The van der Waals surface area contributed by atoms with Crippen molar-refractivity contribution in [3.05, 3.63) is 149 Å². The van der Waals surface area contributed by atoms with E-state index in [-0.39, 0.29) is 69.6 Å². The highest BCUT2D eigenvalue weighted by atomic mass is 35.5. The summed E-state index contributed by atoms with van der Waals surface area (Å²) in [5.74, 6) is -0.701. The van der Waals surface area contributed by atoms with Crippen molar-refractivity contribution in [1.82, 2.24) is 4.90 Å². The molecule has 2 aliphatic carbocycles. The molecule has 340 valence electrons. The lowest BCUT2D eigenvalue weighted by Gasteiger charge is -2.59. The molecule has 7 rings (SSSR count). The normalized spacial score (nSPS) is 22.7. The summed E-state index contributed by atoms with van der Waals surface area (Å²) in [6, 6.07) is 26.9. The molecule has 3 aliphatic rings. The van der Waals surface area contributed by atoms with Crippen LogP contribution in [0.4, 0.5) is 9.18 Å². The number of carbonyl (C=O) groups excluding carboxylic acids is 1. The van der Waals surface area contributed by atoms with E-state index in [1.165, 1.54) is 17.7 Å². The minimum atomic E-state index is -1.53. The number of rotatable bonds is 21. The number of aliphatic hydroxyl groups excluding tert-OH is 2. The van der Waals surface area contributed by atoms with E-state index in [9.17, 15) is 19.4 Å². The average Bonchev–Trinajstić information content (AvgIpc) is 3.30. The quantitative estimate of drug-likeness (QED) is 0.0367. The molecule has 2 N–H and O–H groups in total. The summed E-state index contributed by atoms with van der Waals surface area (Å²) < 4.78 is 41.2. The van der Waals surface area contributed by atoms with Crippen molar-refractivity contribution in [2.24, 2.45) is 22.9 Å². The van der Waals surface area contributed by atoms with E-state index in [0.29, 0.717) is 41.4 Å². The second kappa shape index (κ2) is 22.1. The Balaban J connectivity index is 1.45. The highest BCUT2D eigenvalue weighted by molar-refractivity contribution is 6.18. The van der Waals surface area contributed by atoms with Crippen molar-refractivity contribution in [2.45, 2.75) is 89.7 Å². The maximum absolute atomic E-state index is 14.6. The molecule has 6 unspecified atom stereocenters. The molecule has 1 saturated carbocycles. The maximum atomic E-state index is 14.6. The number of aryl methyl sites for hydroxylation is 2. The van der Waals surface area contributed by atoms with Crippen molar-refractivity contribution in [3.63, 3.8) is 0 Å². The van der Waals surface area contributed by atoms with Crippen LogP contribution in [-0.4, -0.2) is 71.1 Å². The topological polar surface area (TPSA) is 119 Å². The Labute approximate surface area is 381 Å². The fourth-order valence-corrected chi connectivity index (χ4v) is 9.76. The second-order valence-corrected chi connectivity index (χ2v) is 17.3. The van der Waals surface area contributed by atoms with Crippen LogP contribution in [0.5, 0.6) is 17.2 Å². The molecule has 1 aliphatic heterocycles. The predicted molar refractivity (Wildman–Crippen MR) is 246 cm³/mol. The molecule has 10 nitrogen and oxygen atoms in total. The van der Waals surface area contributed by atoms with Gasteiger partial charge in [-0.15, -0.1) is 18.2 Å². The molecule has 0 aromatic heterocycles.